The van der Waals surface area contributed by atoms with Crippen LogP contribution in [0.25, 0.3) is 0 Å². The van der Waals surface area contributed by atoms with Crippen molar-refractivity contribution < 1.29 is 4.74 Å². The van der Waals surface area contributed by atoms with Gasteiger partial charge in [0.2, 0.25) is 0 Å². The van der Waals surface area contributed by atoms with Crippen molar-refractivity contribution in [2.45, 2.75) is 26.4 Å². The molecule has 2 nitrogen and oxygen atoms in total. The van der Waals surface area contributed by atoms with E-state index in [9.17, 15) is 0 Å². The van der Waals surface area contributed by atoms with Crippen molar-refractivity contribution in [3.8, 4) is 5.75 Å². The van der Waals surface area contributed by atoms with Crippen LogP contribution in [-0.4, -0.2) is 12.6 Å². The Morgan fingerprint density at radius 2 is 2.31 bits per heavy atom. The number of fused-ring (bicyclic) bond motifs is 1. The van der Waals surface area contributed by atoms with Crippen LogP contribution < -0.4 is 10.1 Å². The van der Waals surface area contributed by atoms with Gasteiger partial charge < -0.3 is 10.1 Å². The fourth-order valence-corrected chi connectivity index (χ4v) is 1.57. The molecular formula is C11H15NO. The average molecular weight is 177 g/mol. The smallest absolute Gasteiger partial charge is 0.142 e. The molecule has 0 aromatic heterocycles. The van der Waals surface area contributed by atoms with E-state index in [1.165, 1.54) is 5.56 Å². The highest BCUT2D eigenvalue weighted by Crippen LogP contribution is 2.28. The summed E-state index contributed by atoms with van der Waals surface area (Å²) >= 11 is 0. The van der Waals surface area contributed by atoms with Gasteiger partial charge in [0, 0.05) is 13.0 Å². The summed E-state index contributed by atoms with van der Waals surface area (Å²) in [4.78, 5) is 0. The minimum atomic E-state index is 0.316. The molecule has 0 saturated heterocycles. The Morgan fingerprint density at radius 3 is 3.15 bits per heavy atom. The van der Waals surface area contributed by atoms with E-state index < -0.39 is 0 Å². The summed E-state index contributed by atoms with van der Waals surface area (Å²) in [7, 11) is 0. The molecule has 0 aliphatic carbocycles. The summed E-state index contributed by atoms with van der Waals surface area (Å²) in [6.45, 7) is 5.20. The van der Waals surface area contributed by atoms with E-state index in [4.69, 9.17) is 4.74 Å². The lowest BCUT2D eigenvalue weighted by Crippen LogP contribution is -2.11. The van der Waals surface area contributed by atoms with Gasteiger partial charge in [-0.25, -0.2) is 0 Å². The Morgan fingerprint density at radius 1 is 1.46 bits per heavy atom. The Hall–Kier alpha value is -1.18. The predicted octanol–water partition coefficient (Wildman–Crippen LogP) is 2.58. The fourth-order valence-electron chi connectivity index (χ4n) is 1.57. The highest BCUT2D eigenvalue weighted by molar-refractivity contribution is 5.58. The lowest BCUT2D eigenvalue weighted by atomic mass is 10.2. The normalized spacial score (nSPS) is 20.9. The Bertz CT molecular complexity index is 309. The lowest BCUT2D eigenvalue weighted by molar-refractivity contribution is 0.222. The molecule has 2 rings (SSSR count). The van der Waals surface area contributed by atoms with Gasteiger partial charge in [-0.15, -0.1) is 0 Å². The zero-order valence-corrected chi connectivity index (χ0v) is 8.13. The van der Waals surface area contributed by atoms with Crippen LogP contribution in [0, 0.1) is 6.92 Å². The number of ether oxygens (including phenoxy) is 1. The second-order valence-electron chi connectivity index (χ2n) is 3.64. The summed E-state index contributed by atoms with van der Waals surface area (Å²) in [5, 5.41) is 3.37. The number of nitrogens with one attached hydrogen (secondary N) is 1. The van der Waals surface area contributed by atoms with E-state index in [-0.39, 0.29) is 0 Å². The monoisotopic (exact) mass is 177 g/mol. The molecule has 0 saturated carbocycles. The molecule has 2 heteroatoms. The third-order valence-electron chi connectivity index (χ3n) is 2.33. The Kier molecular flexibility index (Phi) is 2.13. The first-order valence-electron chi connectivity index (χ1n) is 4.77. The standard InChI is InChI=1S/C11H15NO/c1-8-3-4-11-10(7-8)12-6-5-9(2)13-11/h3-4,7,9,12H,5-6H2,1-2H3. The van der Waals surface area contributed by atoms with Crippen LogP contribution in [0.5, 0.6) is 5.75 Å². The van der Waals surface area contributed by atoms with E-state index in [1.807, 2.05) is 6.07 Å². The summed E-state index contributed by atoms with van der Waals surface area (Å²) < 4.78 is 5.75. The van der Waals surface area contributed by atoms with Crippen molar-refractivity contribution in [1.29, 1.82) is 0 Å². The SMILES string of the molecule is Cc1ccc2c(c1)NCCC(C)O2. The van der Waals surface area contributed by atoms with E-state index in [0.29, 0.717) is 6.10 Å². The van der Waals surface area contributed by atoms with Gasteiger partial charge in [0.1, 0.15) is 5.75 Å². The summed E-state index contributed by atoms with van der Waals surface area (Å²) in [5.74, 6) is 0.982. The molecule has 1 atom stereocenters. The quantitative estimate of drug-likeness (QED) is 0.657. The maximum atomic E-state index is 5.75. The Balaban J connectivity index is 2.34. The number of benzene rings is 1. The second kappa shape index (κ2) is 3.29. The molecule has 1 heterocycles. The van der Waals surface area contributed by atoms with Gasteiger partial charge in [-0.1, -0.05) is 6.07 Å². The first kappa shape index (κ1) is 8.42. The van der Waals surface area contributed by atoms with Gasteiger partial charge in [-0.05, 0) is 31.5 Å². The molecule has 1 N–H and O–H groups in total. The van der Waals surface area contributed by atoms with Crippen LogP contribution in [0.1, 0.15) is 18.9 Å². The lowest BCUT2D eigenvalue weighted by Gasteiger charge is -2.11. The molecule has 1 aliphatic rings. The average Bonchev–Trinajstić information content (AvgIpc) is 2.25. The van der Waals surface area contributed by atoms with Gasteiger partial charge in [0.05, 0.1) is 11.8 Å². The maximum Gasteiger partial charge on any atom is 0.142 e. The Labute approximate surface area is 78.9 Å². The number of aryl methyl sites for hydroxylation is 1. The minimum Gasteiger partial charge on any atom is -0.488 e. The zero-order valence-electron chi connectivity index (χ0n) is 8.13. The molecule has 0 spiro atoms. The van der Waals surface area contributed by atoms with Crippen molar-refractivity contribution in [3.63, 3.8) is 0 Å². The number of hydrogen-bond acceptors (Lipinski definition) is 2. The molecule has 0 bridgehead atoms. The maximum absolute atomic E-state index is 5.75. The molecule has 1 aromatic carbocycles. The van der Waals surface area contributed by atoms with Crippen molar-refractivity contribution in [2.24, 2.45) is 0 Å². The third kappa shape index (κ3) is 1.77. The van der Waals surface area contributed by atoms with Crippen LogP contribution in [0.2, 0.25) is 0 Å². The minimum absolute atomic E-state index is 0.316. The summed E-state index contributed by atoms with van der Waals surface area (Å²) in [5.41, 5.74) is 2.40. The summed E-state index contributed by atoms with van der Waals surface area (Å²) in [6.07, 6.45) is 1.38. The third-order valence-corrected chi connectivity index (χ3v) is 2.33. The van der Waals surface area contributed by atoms with Crippen molar-refractivity contribution in [2.75, 3.05) is 11.9 Å². The topological polar surface area (TPSA) is 21.3 Å². The van der Waals surface area contributed by atoms with Crippen LogP contribution in [0.15, 0.2) is 18.2 Å². The molecule has 13 heavy (non-hydrogen) atoms. The van der Waals surface area contributed by atoms with Gasteiger partial charge in [0.15, 0.2) is 0 Å². The predicted molar refractivity (Wildman–Crippen MR) is 54.4 cm³/mol. The molecule has 0 radical (unpaired) electrons. The van der Waals surface area contributed by atoms with Gasteiger partial charge >= 0.3 is 0 Å². The van der Waals surface area contributed by atoms with Gasteiger partial charge in [-0.2, -0.15) is 0 Å². The molecule has 1 aliphatic heterocycles. The van der Waals surface area contributed by atoms with Crippen LogP contribution in [-0.2, 0) is 0 Å². The van der Waals surface area contributed by atoms with Gasteiger partial charge in [0.25, 0.3) is 0 Å². The van der Waals surface area contributed by atoms with Crippen LogP contribution in [0.4, 0.5) is 5.69 Å². The second-order valence-corrected chi connectivity index (χ2v) is 3.64. The highest BCUT2D eigenvalue weighted by atomic mass is 16.5. The molecule has 0 fully saturated rings. The fraction of sp³-hybridized carbons (Fsp3) is 0.455. The molecule has 1 unspecified atom stereocenters. The van der Waals surface area contributed by atoms with E-state index in [1.54, 1.807) is 0 Å². The van der Waals surface area contributed by atoms with Crippen molar-refractivity contribution in [3.05, 3.63) is 23.8 Å². The van der Waals surface area contributed by atoms with E-state index in [2.05, 4.69) is 31.3 Å². The molecule has 1 aromatic rings. The highest BCUT2D eigenvalue weighted by Gasteiger charge is 2.12. The number of rotatable bonds is 0. The van der Waals surface area contributed by atoms with E-state index >= 15 is 0 Å². The largest absolute Gasteiger partial charge is 0.488 e. The number of hydrogen-bond donors (Lipinski definition) is 1. The first-order chi connectivity index (χ1) is 6.25. The van der Waals surface area contributed by atoms with Crippen molar-refractivity contribution >= 4 is 5.69 Å². The summed E-state index contributed by atoms with van der Waals surface area (Å²) in [6, 6.07) is 6.26. The van der Waals surface area contributed by atoms with Gasteiger partial charge in [-0.3, -0.25) is 0 Å². The molecule has 0 amide bonds. The first-order valence-corrected chi connectivity index (χ1v) is 4.77. The van der Waals surface area contributed by atoms with E-state index in [0.717, 1.165) is 24.4 Å². The van der Waals surface area contributed by atoms with Crippen LogP contribution in [0.3, 0.4) is 0 Å². The zero-order chi connectivity index (χ0) is 9.26. The number of anilines is 1. The van der Waals surface area contributed by atoms with Crippen molar-refractivity contribution in [1.82, 2.24) is 0 Å². The molecular weight excluding hydrogens is 162 g/mol. The van der Waals surface area contributed by atoms with Crippen LogP contribution >= 0.6 is 0 Å². The molecule has 70 valence electrons.